The van der Waals surface area contributed by atoms with Crippen molar-refractivity contribution in [3.63, 3.8) is 0 Å². The molecule has 0 radical (unpaired) electrons. The molecule has 3 aromatic carbocycles. The maximum absolute atomic E-state index is 11.8. The maximum Gasteiger partial charge on any atom is 0.337 e. The molecule has 0 fully saturated rings. The molecule has 166 valence electrons. The molecule has 33 heavy (non-hydrogen) atoms. The molecule has 0 aliphatic carbocycles. The Morgan fingerprint density at radius 1 is 0.909 bits per heavy atom. The molecule has 1 aromatic heterocycles. The first kappa shape index (κ1) is 22.4. The minimum Gasteiger partial charge on any atom is -0.488 e. The summed E-state index contributed by atoms with van der Waals surface area (Å²) in [5.41, 5.74) is 3.77. The molecule has 0 saturated carbocycles. The van der Waals surface area contributed by atoms with E-state index in [2.05, 4.69) is 4.98 Å². The average molecular weight is 460 g/mol. The molecule has 5 nitrogen and oxygen atoms in total. The number of carbonyl (C=O) groups is 1. The van der Waals surface area contributed by atoms with Gasteiger partial charge in [0.25, 0.3) is 0 Å². The lowest BCUT2D eigenvalue weighted by Crippen LogP contribution is -2.09. The van der Waals surface area contributed by atoms with Gasteiger partial charge in [0, 0.05) is 10.6 Å². The van der Waals surface area contributed by atoms with Gasteiger partial charge in [0.05, 0.1) is 17.0 Å². The number of benzene rings is 3. The first-order valence-corrected chi connectivity index (χ1v) is 10.8. The number of hydrogen-bond donors (Lipinski definition) is 1. The smallest absolute Gasteiger partial charge is 0.337 e. The van der Waals surface area contributed by atoms with E-state index in [9.17, 15) is 9.90 Å². The van der Waals surface area contributed by atoms with Crippen molar-refractivity contribution >= 4 is 17.6 Å². The van der Waals surface area contributed by atoms with E-state index >= 15 is 0 Å². The van der Waals surface area contributed by atoms with Crippen molar-refractivity contribution in [2.75, 3.05) is 0 Å². The summed E-state index contributed by atoms with van der Waals surface area (Å²) in [6.45, 7) is 2.35. The third-order valence-electron chi connectivity index (χ3n) is 5.03. The molecule has 4 rings (SSSR count). The van der Waals surface area contributed by atoms with E-state index in [1.807, 2.05) is 67.6 Å². The topological polar surface area (TPSA) is 68.7 Å². The van der Waals surface area contributed by atoms with Crippen molar-refractivity contribution in [3.8, 4) is 22.8 Å². The number of rotatable bonds is 8. The molecule has 0 unspecified atom stereocenters. The quantitative estimate of drug-likeness (QED) is 0.323. The van der Waals surface area contributed by atoms with Crippen molar-refractivity contribution in [1.29, 1.82) is 0 Å². The van der Waals surface area contributed by atoms with Gasteiger partial charge >= 0.3 is 5.97 Å². The summed E-state index contributed by atoms with van der Waals surface area (Å²) in [6.07, 6.45) is 0. The summed E-state index contributed by atoms with van der Waals surface area (Å²) in [7, 11) is 0. The molecular weight excluding hydrogens is 438 g/mol. The number of nitrogens with zero attached hydrogens (tertiary/aromatic N) is 1. The lowest BCUT2D eigenvalue weighted by molar-refractivity contribution is 0.0693. The number of aromatic nitrogens is 1. The molecule has 1 N–H and O–H groups in total. The average Bonchev–Trinajstić information content (AvgIpc) is 2.82. The zero-order valence-electron chi connectivity index (χ0n) is 18.0. The van der Waals surface area contributed by atoms with E-state index in [0.29, 0.717) is 40.1 Å². The highest BCUT2D eigenvalue weighted by molar-refractivity contribution is 6.30. The van der Waals surface area contributed by atoms with Gasteiger partial charge in [0.2, 0.25) is 0 Å². The van der Waals surface area contributed by atoms with Crippen LogP contribution in [0.3, 0.4) is 0 Å². The summed E-state index contributed by atoms with van der Waals surface area (Å²) in [5, 5.41) is 10.2. The molecule has 1 heterocycles. The van der Waals surface area contributed by atoms with Crippen molar-refractivity contribution < 1.29 is 19.4 Å². The SMILES string of the molecule is Cc1cccc(OCc2nc(-c3ccc(Cl)cc3OCc3ccccc3)ccc2C(=O)O)c1. The minimum atomic E-state index is -1.06. The van der Waals surface area contributed by atoms with E-state index in [0.717, 1.165) is 11.1 Å². The molecule has 0 aliphatic heterocycles. The van der Waals surface area contributed by atoms with E-state index in [4.69, 9.17) is 21.1 Å². The Bertz CT molecular complexity index is 1270. The van der Waals surface area contributed by atoms with Crippen LogP contribution in [0.25, 0.3) is 11.3 Å². The molecule has 0 amide bonds. The zero-order chi connectivity index (χ0) is 23.2. The number of aryl methyl sites for hydroxylation is 1. The van der Waals surface area contributed by atoms with Crippen LogP contribution in [0.2, 0.25) is 5.02 Å². The third-order valence-corrected chi connectivity index (χ3v) is 5.26. The van der Waals surface area contributed by atoms with Crippen LogP contribution in [0, 0.1) is 6.92 Å². The van der Waals surface area contributed by atoms with Gasteiger partial charge in [-0.25, -0.2) is 9.78 Å². The lowest BCUT2D eigenvalue weighted by atomic mass is 10.1. The molecule has 0 spiro atoms. The van der Waals surface area contributed by atoms with E-state index in [-0.39, 0.29) is 12.2 Å². The molecular formula is C27H22ClNO4. The van der Waals surface area contributed by atoms with Gasteiger partial charge in [-0.15, -0.1) is 0 Å². The van der Waals surface area contributed by atoms with Gasteiger partial charge in [-0.2, -0.15) is 0 Å². The fourth-order valence-electron chi connectivity index (χ4n) is 3.38. The Hall–Kier alpha value is -3.83. The van der Waals surface area contributed by atoms with Crippen LogP contribution in [0.15, 0.2) is 84.9 Å². The van der Waals surface area contributed by atoms with Crippen molar-refractivity contribution in [2.45, 2.75) is 20.1 Å². The van der Waals surface area contributed by atoms with E-state index < -0.39 is 5.97 Å². The van der Waals surface area contributed by atoms with Crippen molar-refractivity contribution in [2.24, 2.45) is 0 Å². The third kappa shape index (κ3) is 5.70. The van der Waals surface area contributed by atoms with Crippen LogP contribution in [0.1, 0.15) is 27.2 Å². The number of pyridine rings is 1. The van der Waals surface area contributed by atoms with E-state index in [1.54, 1.807) is 18.2 Å². The number of hydrogen-bond acceptors (Lipinski definition) is 4. The highest BCUT2D eigenvalue weighted by Gasteiger charge is 2.16. The Kier molecular flexibility index (Phi) is 6.91. The van der Waals surface area contributed by atoms with Crippen molar-refractivity contribution in [3.05, 3.63) is 112 Å². The standard InChI is InChI=1S/C27H22ClNO4/c1-18-6-5-9-21(14-18)32-17-25-23(27(30)31)12-13-24(29-25)22-11-10-20(28)15-26(22)33-16-19-7-3-2-4-8-19/h2-15H,16-17H2,1H3,(H,30,31). The van der Waals surface area contributed by atoms with E-state index in [1.165, 1.54) is 6.07 Å². The van der Waals surface area contributed by atoms with Gasteiger partial charge < -0.3 is 14.6 Å². The lowest BCUT2D eigenvalue weighted by Gasteiger charge is -2.14. The predicted molar refractivity (Wildman–Crippen MR) is 128 cm³/mol. The summed E-state index contributed by atoms with van der Waals surface area (Å²) in [6, 6.07) is 25.9. The minimum absolute atomic E-state index is 0.0206. The molecule has 0 atom stereocenters. The number of halogens is 1. The van der Waals surface area contributed by atoms with Crippen molar-refractivity contribution in [1.82, 2.24) is 4.98 Å². The highest BCUT2D eigenvalue weighted by atomic mass is 35.5. The first-order chi connectivity index (χ1) is 16.0. The first-order valence-electron chi connectivity index (χ1n) is 10.4. The van der Waals surface area contributed by atoms with Crippen LogP contribution >= 0.6 is 11.6 Å². The Morgan fingerprint density at radius 2 is 1.73 bits per heavy atom. The second-order valence-electron chi connectivity index (χ2n) is 7.52. The molecule has 0 aliphatic rings. The summed E-state index contributed by atoms with van der Waals surface area (Å²) in [5.74, 6) is 0.151. The van der Waals surface area contributed by atoms with Crippen LogP contribution in [-0.4, -0.2) is 16.1 Å². The second kappa shape index (κ2) is 10.2. The molecule has 4 aromatic rings. The van der Waals surface area contributed by atoms with Gasteiger partial charge in [0.15, 0.2) is 0 Å². The van der Waals surface area contributed by atoms with Crippen LogP contribution in [-0.2, 0) is 13.2 Å². The second-order valence-corrected chi connectivity index (χ2v) is 7.95. The number of aromatic carboxylic acids is 1. The summed E-state index contributed by atoms with van der Waals surface area (Å²) >= 11 is 6.22. The summed E-state index contributed by atoms with van der Waals surface area (Å²) in [4.78, 5) is 16.4. The number of carboxylic acids is 1. The largest absolute Gasteiger partial charge is 0.488 e. The fraction of sp³-hybridized carbons (Fsp3) is 0.111. The highest BCUT2D eigenvalue weighted by Crippen LogP contribution is 2.33. The fourth-order valence-corrected chi connectivity index (χ4v) is 3.54. The summed E-state index contributed by atoms with van der Waals surface area (Å²) < 4.78 is 11.9. The normalized spacial score (nSPS) is 10.6. The number of carboxylic acid groups (broad SMARTS) is 1. The monoisotopic (exact) mass is 459 g/mol. The van der Waals surface area contributed by atoms with Gasteiger partial charge in [0.1, 0.15) is 24.7 Å². The van der Waals surface area contributed by atoms with Gasteiger partial charge in [-0.05, 0) is 60.5 Å². The molecule has 6 heteroatoms. The van der Waals surface area contributed by atoms with Gasteiger partial charge in [-0.3, -0.25) is 0 Å². The van der Waals surface area contributed by atoms with Crippen LogP contribution in [0.5, 0.6) is 11.5 Å². The maximum atomic E-state index is 11.8. The number of ether oxygens (including phenoxy) is 2. The molecule has 0 bridgehead atoms. The Morgan fingerprint density at radius 3 is 2.48 bits per heavy atom. The Balaban J connectivity index is 1.64. The van der Waals surface area contributed by atoms with Crippen LogP contribution < -0.4 is 9.47 Å². The van der Waals surface area contributed by atoms with Crippen LogP contribution in [0.4, 0.5) is 0 Å². The van der Waals surface area contributed by atoms with Gasteiger partial charge in [-0.1, -0.05) is 54.1 Å². The molecule has 0 saturated heterocycles. The Labute approximate surface area is 197 Å². The predicted octanol–water partition coefficient (Wildman–Crippen LogP) is 6.57. The zero-order valence-corrected chi connectivity index (χ0v) is 18.8.